The Morgan fingerprint density at radius 1 is 0.692 bits per heavy atom. The number of hydrogen-bond donors (Lipinski definition) is 0. The fourth-order valence-electron chi connectivity index (χ4n) is 2.71. The molecule has 0 heterocycles. The summed E-state index contributed by atoms with van der Waals surface area (Å²) in [5.41, 5.74) is 3.68. The molecule has 0 unspecified atom stereocenters. The Labute approximate surface area is 164 Å². The van der Waals surface area contributed by atoms with Gasteiger partial charge < -0.3 is 0 Å². The molecule has 0 saturated heterocycles. The topological polar surface area (TPSA) is 34.1 Å². The van der Waals surface area contributed by atoms with Gasteiger partial charge in [0.25, 0.3) is 0 Å². The van der Waals surface area contributed by atoms with Crippen molar-refractivity contribution < 1.29 is 26.2 Å². The molecule has 0 aliphatic rings. The van der Waals surface area contributed by atoms with Crippen LogP contribution in [0.25, 0.3) is 22.3 Å². The monoisotopic (exact) mass is 400 g/mol. The second-order valence-electron chi connectivity index (χ2n) is 5.46. The molecule has 4 aromatic carbocycles. The number of hydrogen-bond acceptors (Lipinski definition) is 2. The van der Waals surface area contributed by atoms with Gasteiger partial charge in [0.1, 0.15) is 0 Å². The van der Waals surface area contributed by atoms with Gasteiger partial charge in [0.05, 0.1) is 0 Å². The van der Waals surface area contributed by atoms with E-state index in [4.69, 9.17) is 0 Å². The van der Waals surface area contributed by atoms with Crippen LogP contribution < -0.4 is 5.30 Å². The van der Waals surface area contributed by atoms with Gasteiger partial charge in [0.15, 0.2) is 0 Å². The van der Waals surface area contributed by atoms with Gasteiger partial charge in [-0.1, -0.05) is 71.8 Å². The van der Waals surface area contributed by atoms with Crippen LogP contribution in [0.1, 0.15) is 0 Å². The zero-order chi connectivity index (χ0) is 17.5. The van der Waals surface area contributed by atoms with E-state index in [1.165, 1.54) is 0 Å². The van der Waals surface area contributed by atoms with E-state index in [0.29, 0.717) is 5.30 Å². The average molecular weight is 400 g/mol. The first-order valence-electron chi connectivity index (χ1n) is 7.99. The van der Waals surface area contributed by atoms with E-state index in [-0.39, 0.29) is 17.1 Å². The molecule has 130 valence electrons. The van der Waals surface area contributed by atoms with Gasteiger partial charge in [-0.05, 0) is 5.30 Å². The Morgan fingerprint density at radius 2 is 1.23 bits per heavy atom. The third-order valence-electron chi connectivity index (χ3n) is 3.83. The summed E-state index contributed by atoms with van der Waals surface area (Å²) in [6, 6.07) is 33.0. The third kappa shape index (κ3) is 4.80. The van der Waals surface area contributed by atoms with Crippen LogP contribution in [-0.2, 0) is 26.2 Å². The maximum absolute atomic E-state index is 11.5. The summed E-state index contributed by atoms with van der Waals surface area (Å²) in [7, 11) is -2.61. The molecule has 0 aliphatic heterocycles. The Hall–Kier alpha value is -2.44. The van der Waals surface area contributed by atoms with E-state index in [0.717, 1.165) is 22.3 Å². The largest absolute Gasteiger partial charge is 2.00 e. The van der Waals surface area contributed by atoms with Crippen molar-refractivity contribution in [3.05, 3.63) is 103 Å². The Bertz CT molecular complexity index is 944. The first-order valence-corrected chi connectivity index (χ1v) is 9.16. The smallest absolute Gasteiger partial charge is 0.242 e. The van der Waals surface area contributed by atoms with Gasteiger partial charge in [-0.15, -0.1) is 17.2 Å². The summed E-state index contributed by atoms with van der Waals surface area (Å²) in [4.78, 5) is 0. The van der Waals surface area contributed by atoms with E-state index in [2.05, 4.69) is 0 Å². The molecule has 0 aliphatic carbocycles. The van der Waals surface area contributed by atoms with Crippen LogP contribution >= 0.6 is 7.68 Å². The Kier molecular flexibility index (Phi) is 7.56. The minimum absolute atomic E-state index is 0. The third-order valence-corrected chi connectivity index (χ3v) is 4.60. The maximum Gasteiger partial charge on any atom is 2.00 e. The molecule has 26 heavy (non-hydrogen) atoms. The SMILES string of the molecule is O=P(=O)[c-]1ccc(-c2ccccc2)c1-c1ccccc1.[Fe+2].c1cc[cH-]c1. The molecule has 0 N–H and O–H groups in total. The molecule has 0 aromatic heterocycles. The van der Waals surface area contributed by atoms with Crippen LogP contribution in [0, 0.1) is 0 Å². The second-order valence-corrected chi connectivity index (χ2v) is 6.45. The van der Waals surface area contributed by atoms with Gasteiger partial charge >= 0.3 is 24.7 Å². The summed E-state index contributed by atoms with van der Waals surface area (Å²) in [5, 5.41) is 0.380. The van der Waals surface area contributed by atoms with Crippen molar-refractivity contribution in [2.75, 3.05) is 0 Å². The quantitative estimate of drug-likeness (QED) is 0.242. The van der Waals surface area contributed by atoms with E-state index in [9.17, 15) is 9.13 Å². The van der Waals surface area contributed by atoms with Gasteiger partial charge in [-0.3, -0.25) is 0 Å². The van der Waals surface area contributed by atoms with E-state index >= 15 is 0 Å². The van der Waals surface area contributed by atoms with Gasteiger partial charge in [-0.25, -0.2) is 21.3 Å². The van der Waals surface area contributed by atoms with Crippen LogP contribution in [0.3, 0.4) is 0 Å². The summed E-state index contributed by atoms with van der Waals surface area (Å²) in [5.74, 6) is 0. The summed E-state index contributed by atoms with van der Waals surface area (Å²) < 4.78 is 23.0. The number of benzene rings is 2. The first kappa shape index (κ1) is 19.9. The molecule has 4 heteroatoms. The van der Waals surface area contributed by atoms with Crippen molar-refractivity contribution in [1.29, 1.82) is 0 Å². The normalized spacial score (nSPS) is 9.54. The molecule has 4 rings (SSSR count). The molecule has 0 fully saturated rings. The minimum Gasteiger partial charge on any atom is -0.242 e. The van der Waals surface area contributed by atoms with Crippen LogP contribution in [0.2, 0.25) is 0 Å². The van der Waals surface area contributed by atoms with E-state index < -0.39 is 7.68 Å². The van der Waals surface area contributed by atoms with Crippen molar-refractivity contribution in [2.45, 2.75) is 0 Å². The van der Waals surface area contributed by atoms with Gasteiger partial charge in [-0.2, -0.15) is 24.3 Å². The van der Waals surface area contributed by atoms with E-state index in [1.807, 2.05) is 97.1 Å². The molecule has 0 saturated carbocycles. The van der Waals surface area contributed by atoms with Crippen molar-refractivity contribution in [2.24, 2.45) is 0 Å². The van der Waals surface area contributed by atoms with Crippen LogP contribution in [0.5, 0.6) is 0 Å². The van der Waals surface area contributed by atoms with Crippen molar-refractivity contribution in [3.8, 4) is 22.3 Å². The van der Waals surface area contributed by atoms with Crippen molar-refractivity contribution in [1.82, 2.24) is 0 Å². The molecular weight excluding hydrogens is 383 g/mol. The minimum atomic E-state index is -2.61. The molecule has 0 bridgehead atoms. The fourth-order valence-corrected chi connectivity index (χ4v) is 3.33. The van der Waals surface area contributed by atoms with Crippen molar-refractivity contribution >= 4 is 13.0 Å². The molecule has 0 amide bonds. The van der Waals surface area contributed by atoms with Gasteiger partial charge in [0, 0.05) is 0 Å². The standard InChI is InChI=1S/C17H12O2P.C5H5.Fe/c18-20(19)16-12-11-15(13-7-3-1-4-8-13)17(16)14-9-5-2-6-10-14;1-2-4-5-3-1;/h1-12H;1-5H;/q2*-1;+2. The average Bonchev–Trinajstić information content (AvgIpc) is 3.36. The molecular formula is C22H17FeO2P. The summed E-state index contributed by atoms with van der Waals surface area (Å²) in [6.07, 6.45) is 0. The van der Waals surface area contributed by atoms with Crippen molar-refractivity contribution in [3.63, 3.8) is 0 Å². The molecule has 0 spiro atoms. The van der Waals surface area contributed by atoms with Crippen LogP contribution in [0.4, 0.5) is 0 Å². The predicted octanol–water partition coefficient (Wildman–Crippen LogP) is 5.94. The Morgan fingerprint density at radius 3 is 1.69 bits per heavy atom. The predicted molar refractivity (Wildman–Crippen MR) is 103 cm³/mol. The number of rotatable bonds is 3. The first-order chi connectivity index (χ1) is 12.3. The van der Waals surface area contributed by atoms with Crippen LogP contribution in [-0.4, -0.2) is 0 Å². The van der Waals surface area contributed by atoms with Crippen LogP contribution in [0.15, 0.2) is 103 Å². The van der Waals surface area contributed by atoms with Gasteiger partial charge in [0.2, 0.25) is 0 Å². The molecule has 2 nitrogen and oxygen atoms in total. The zero-order valence-corrected chi connectivity index (χ0v) is 15.9. The molecule has 4 aromatic rings. The summed E-state index contributed by atoms with van der Waals surface area (Å²) in [6.45, 7) is 0. The Balaban J connectivity index is 0.000000351. The molecule has 0 radical (unpaired) electrons. The maximum atomic E-state index is 11.5. The zero-order valence-electron chi connectivity index (χ0n) is 13.9. The molecule has 0 atom stereocenters. The van der Waals surface area contributed by atoms with E-state index in [1.54, 1.807) is 6.07 Å². The summed E-state index contributed by atoms with van der Waals surface area (Å²) >= 11 is 0. The second kappa shape index (κ2) is 9.89. The fraction of sp³-hybridized carbons (Fsp3) is 0.